The molecule has 7 nitrogen and oxygen atoms in total. The van der Waals surface area contributed by atoms with E-state index in [-0.39, 0.29) is 23.6 Å². The SMILES string of the molecule is Cc1cc(C(=O)NC(C)c2ccccn2)nc(NN)n1. The number of aryl methyl sites for hydroxylation is 1. The number of anilines is 1. The summed E-state index contributed by atoms with van der Waals surface area (Å²) >= 11 is 0. The molecule has 0 saturated carbocycles. The molecule has 0 aromatic carbocycles. The van der Waals surface area contributed by atoms with Gasteiger partial charge in [-0.3, -0.25) is 15.2 Å². The van der Waals surface area contributed by atoms with Crippen molar-refractivity contribution in [1.82, 2.24) is 20.3 Å². The van der Waals surface area contributed by atoms with E-state index in [1.165, 1.54) is 0 Å². The van der Waals surface area contributed by atoms with E-state index in [2.05, 4.69) is 25.7 Å². The van der Waals surface area contributed by atoms with E-state index in [4.69, 9.17) is 5.84 Å². The Labute approximate surface area is 116 Å². The second kappa shape index (κ2) is 6.07. The van der Waals surface area contributed by atoms with Crippen molar-refractivity contribution >= 4 is 11.9 Å². The summed E-state index contributed by atoms with van der Waals surface area (Å²) in [6.07, 6.45) is 1.68. The van der Waals surface area contributed by atoms with Crippen LogP contribution >= 0.6 is 0 Å². The average Bonchev–Trinajstić information content (AvgIpc) is 2.47. The molecule has 1 unspecified atom stereocenters. The molecular weight excluding hydrogens is 256 g/mol. The van der Waals surface area contributed by atoms with Gasteiger partial charge in [-0.15, -0.1) is 0 Å². The average molecular weight is 272 g/mol. The molecule has 0 fully saturated rings. The molecule has 0 aliphatic carbocycles. The molecule has 0 aliphatic rings. The van der Waals surface area contributed by atoms with Gasteiger partial charge in [-0.1, -0.05) is 6.07 Å². The van der Waals surface area contributed by atoms with Crippen LogP contribution < -0.4 is 16.6 Å². The Morgan fingerprint density at radius 2 is 2.15 bits per heavy atom. The van der Waals surface area contributed by atoms with Crippen molar-refractivity contribution in [2.45, 2.75) is 19.9 Å². The molecule has 0 bridgehead atoms. The Kier molecular flexibility index (Phi) is 4.21. The monoisotopic (exact) mass is 272 g/mol. The zero-order valence-electron chi connectivity index (χ0n) is 11.3. The molecule has 2 aromatic heterocycles. The van der Waals surface area contributed by atoms with Crippen molar-refractivity contribution in [1.29, 1.82) is 0 Å². The van der Waals surface area contributed by atoms with Crippen LogP contribution in [0.25, 0.3) is 0 Å². The van der Waals surface area contributed by atoms with Gasteiger partial charge >= 0.3 is 0 Å². The van der Waals surface area contributed by atoms with Gasteiger partial charge in [-0.2, -0.15) is 0 Å². The first-order valence-electron chi connectivity index (χ1n) is 6.14. The molecule has 0 aliphatic heterocycles. The van der Waals surface area contributed by atoms with Crippen LogP contribution in [0, 0.1) is 6.92 Å². The van der Waals surface area contributed by atoms with Gasteiger partial charge in [0, 0.05) is 11.9 Å². The molecule has 2 rings (SSSR count). The number of amides is 1. The number of nitrogens with zero attached hydrogens (tertiary/aromatic N) is 3. The lowest BCUT2D eigenvalue weighted by Crippen LogP contribution is -2.28. The fourth-order valence-electron chi connectivity index (χ4n) is 1.73. The van der Waals surface area contributed by atoms with E-state index in [1.807, 2.05) is 25.1 Å². The highest BCUT2D eigenvalue weighted by atomic mass is 16.1. The molecule has 2 aromatic rings. The molecule has 2 heterocycles. The van der Waals surface area contributed by atoms with Crippen LogP contribution in [-0.2, 0) is 0 Å². The quantitative estimate of drug-likeness (QED) is 0.565. The summed E-state index contributed by atoms with van der Waals surface area (Å²) < 4.78 is 0. The Bertz CT molecular complexity index is 601. The molecule has 4 N–H and O–H groups in total. The molecule has 0 saturated heterocycles. The van der Waals surface area contributed by atoms with Gasteiger partial charge in [0.2, 0.25) is 5.95 Å². The van der Waals surface area contributed by atoms with Crippen LogP contribution in [0.5, 0.6) is 0 Å². The van der Waals surface area contributed by atoms with Gasteiger partial charge < -0.3 is 5.32 Å². The van der Waals surface area contributed by atoms with Crippen LogP contribution in [-0.4, -0.2) is 20.9 Å². The number of hydrogen-bond donors (Lipinski definition) is 3. The number of carbonyl (C=O) groups excluding carboxylic acids is 1. The molecule has 1 atom stereocenters. The van der Waals surface area contributed by atoms with E-state index >= 15 is 0 Å². The number of nitrogen functional groups attached to an aromatic ring is 1. The van der Waals surface area contributed by atoms with Crippen molar-refractivity contribution in [2.75, 3.05) is 5.43 Å². The summed E-state index contributed by atoms with van der Waals surface area (Å²) in [5.74, 6) is 5.17. The van der Waals surface area contributed by atoms with Gasteiger partial charge in [-0.05, 0) is 32.0 Å². The van der Waals surface area contributed by atoms with Gasteiger partial charge in [0.25, 0.3) is 5.91 Å². The van der Waals surface area contributed by atoms with Crippen molar-refractivity contribution in [3.8, 4) is 0 Å². The zero-order valence-corrected chi connectivity index (χ0v) is 11.3. The first-order chi connectivity index (χ1) is 9.60. The maximum Gasteiger partial charge on any atom is 0.270 e. The number of rotatable bonds is 4. The van der Waals surface area contributed by atoms with Crippen LogP contribution in [0.15, 0.2) is 30.5 Å². The van der Waals surface area contributed by atoms with Gasteiger partial charge in [-0.25, -0.2) is 15.8 Å². The first-order valence-corrected chi connectivity index (χ1v) is 6.14. The molecular formula is C13H16N6O. The Hall–Kier alpha value is -2.54. The number of aromatic nitrogens is 3. The number of pyridine rings is 1. The summed E-state index contributed by atoms with van der Waals surface area (Å²) in [7, 11) is 0. The second-order valence-electron chi connectivity index (χ2n) is 4.31. The summed E-state index contributed by atoms with van der Waals surface area (Å²) in [6, 6.07) is 6.93. The van der Waals surface area contributed by atoms with Gasteiger partial charge in [0.15, 0.2) is 0 Å². The lowest BCUT2D eigenvalue weighted by atomic mass is 10.2. The van der Waals surface area contributed by atoms with Crippen LogP contribution in [0.2, 0.25) is 0 Å². The largest absolute Gasteiger partial charge is 0.343 e. The highest BCUT2D eigenvalue weighted by Gasteiger charge is 2.14. The predicted octanol–water partition coefficient (Wildman–Crippen LogP) is 0.957. The normalized spacial score (nSPS) is 11.8. The van der Waals surface area contributed by atoms with E-state index in [0.29, 0.717) is 5.69 Å². The predicted molar refractivity (Wildman–Crippen MR) is 74.7 cm³/mol. The van der Waals surface area contributed by atoms with E-state index in [0.717, 1.165) is 5.69 Å². The standard InChI is InChI=1S/C13H16N6O/c1-8-7-11(18-13(16-8)19-14)12(20)17-9(2)10-5-3-4-6-15-10/h3-7,9H,14H2,1-2H3,(H,17,20)(H,16,18,19). The molecule has 104 valence electrons. The minimum absolute atomic E-state index is 0.209. The minimum Gasteiger partial charge on any atom is -0.343 e. The topological polar surface area (TPSA) is 106 Å². The Balaban J connectivity index is 2.14. The lowest BCUT2D eigenvalue weighted by Gasteiger charge is -2.13. The minimum atomic E-state index is -0.301. The van der Waals surface area contributed by atoms with E-state index in [1.54, 1.807) is 19.2 Å². The van der Waals surface area contributed by atoms with Gasteiger partial charge in [0.05, 0.1) is 11.7 Å². The molecule has 7 heteroatoms. The highest BCUT2D eigenvalue weighted by Crippen LogP contribution is 2.10. The van der Waals surface area contributed by atoms with Gasteiger partial charge in [0.1, 0.15) is 5.69 Å². The maximum absolute atomic E-state index is 12.2. The number of hydrogen-bond acceptors (Lipinski definition) is 6. The zero-order chi connectivity index (χ0) is 14.5. The molecule has 20 heavy (non-hydrogen) atoms. The van der Waals surface area contributed by atoms with Crippen LogP contribution in [0.4, 0.5) is 5.95 Å². The number of hydrazine groups is 1. The van der Waals surface area contributed by atoms with Crippen molar-refractivity contribution in [3.05, 3.63) is 47.5 Å². The first kappa shape index (κ1) is 13.9. The molecule has 0 radical (unpaired) electrons. The molecule has 0 spiro atoms. The fraction of sp³-hybridized carbons (Fsp3) is 0.231. The van der Waals surface area contributed by atoms with Crippen molar-refractivity contribution in [3.63, 3.8) is 0 Å². The summed E-state index contributed by atoms with van der Waals surface area (Å²) in [6.45, 7) is 3.62. The van der Waals surface area contributed by atoms with Crippen molar-refractivity contribution < 1.29 is 4.79 Å². The number of carbonyl (C=O) groups is 1. The van der Waals surface area contributed by atoms with Crippen LogP contribution in [0.1, 0.15) is 34.8 Å². The number of nitrogens with two attached hydrogens (primary N) is 1. The maximum atomic E-state index is 12.2. The van der Waals surface area contributed by atoms with E-state index < -0.39 is 0 Å². The number of nitrogens with one attached hydrogen (secondary N) is 2. The smallest absolute Gasteiger partial charge is 0.270 e. The summed E-state index contributed by atoms with van der Waals surface area (Å²) in [4.78, 5) is 24.4. The third-order valence-electron chi connectivity index (χ3n) is 2.69. The molecule has 1 amide bonds. The highest BCUT2D eigenvalue weighted by molar-refractivity contribution is 5.92. The third kappa shape index (κ3) is 3.27. The van der Waals surface area contributed by atoms with Crippen molar-refractivity contribution in [2.24, 2.45) is 5.84 Å². The lowest BCUT2D eigenvalue weighted by molar-refractivity contribution is 0.0934. The second-order valence-corrected chi connectivity index (χ2v) is 4.31. The fourth-order valence-corrected chi connectivity index (χ4v) is 1.73. The summed E-state index contributed by atoms with van der Waals surface area (Å²) in [5, 5.41) is 2.83. The summed E-state index contributed by atoms with van der Waals surface area (Å²) in [5.41, 5.74) is 4.03. The Morgan fingerprint density at radius 3 is 2.80 bits per heavy atom. The third-order valence-corrected chi connectivity index (χ3v) is 2.69. The Morgan fingerprint density at radius 1 is 1.35 bits per heavy atom. The van der Waals surface area contributed by atoms with Crippen LogP contribution in [0.3, 0.4) is 0 Å². The van der Waals surface area contributed by atoms with E-state index in [9.17, 15) is 4.79 Å².